The summed E-state index contributed by atoms with van der Waals surface area (Å²) in [6.07, 6.45) is 0. The number of rotatable bonds is 5. The van der Waals surface area contributed by atoms with Crippen LogP contribution in [0.15, 0.2) is 222 Å². The van der Waals surface area contributed by atoms with E-state index in [0.29, 0.717) is 0 Å². The third-order valence-corrected chi connectivity index (χ3v) is 23.5. The quantitative estimate of drug-likeness (QED) is 0.159. The lowest BCUT2D eigenvalue weighted by atomic mass is 9.34. The molecule has 78 heavy (non-hydrogen) atoms. The van der Waals surface area contributed by atoms with Gasteiger partial charge in [0.25, 0.3) is 0 Å². The van der Waals surface area contributed by atoms with E-state index in [9.17, 15) is 0 Å². The van der Waals surface area contributed by atoms with Crippen molar-refractivity contribution >= 4 is 103 Å². The van der Waals surface area contributed by atoms with Crippen LogP contribution in [0.3, 0.4) is 0 Å². The maximum Gasteiger partial charge on any atom is 0.249 e. The fourth-order valence-corrected chi connectivity index (χ4v) is 19.9. The molecule has 0 aliphatic carbocycles. The molecule has 3 aliphatic rings. The van der Waals surface area contributed by atoms with E-state index in [2.05, 4.69) is 291 Å². The summed E-state index contributed by atoms with van der Waals surface area (Å²) in [5.74, 6) is 0. The normalized spacial score (nSPS) is 14.3. The summed E-state index contributed by atoms with van der Waals surface area (Å²) in [5.41, 5.74) is 21.9. The van der Waals surface area contributed by atoms with Crippen molar-refractivity contribution in [2.45, 2.75) is 95.3 Å². The molecule has 0 atom stereocenters. The van der Waals surface area contributed by atoms with Gasteiger partial charge < -0.3 is 9.47 Å². The molecule has 11 aromatic rings. The predicted molar refractivity (Wildman–Crippen MR) is 340 cm³/mol. The molecule has 0 saturated carbocycles. The highest BCUT2D eigenvalue weighted by molar-refractivity contribution is 8.00. The minimum Gasteiger partial charge on any atom is -0.311 e. The van der Waals surface area contributed by atoms with E-state index in [4.69, 9.17) is 0 Å². The van der Waals surface area contributed by atoms with Gasteiger partial charge in [0, 0.05) is 43.3 Å². The van der Waals surface area contributed by atoms with Gasteiger partial charge in [0.1, 0.15) is 0 Å². The molecular weight excluding hydrogens is 976 g/mol. The summed E-state index contributed by atoms with van der Waals surface area (Å²) < 4.78 is 2.58. The fraction of sp³-hybridized carbons (Fsp3) is 0.178. The summed E-state index contributed by atoms with van der Waals surface area (Å²) >= 11 is 1.95. The standard InChI is InChI=1S/C73H65BN2SSi/c1-46-38-49(71(2,3)4)31-35-61(46)76-64-44-58-55-28-20-21-29-68(55)78(53-24-16-12-17-25-53,54-26-18-13-19-27-54)69(58)45-60(64)74-59-34-30-48(47-22-14-11-15-23-47)39-66(59)77-67-43-52(42-65(76)70(67)74)75-62-36-32-50(72(5,6)7)40-56(62)57-41-51(73(8,9)10)33-37-63(57)75/h11-45H,1-10H3. The van der Waals surface area contributed by atoms with Gasteiger partial charge in [-0.25, -0.2) is 0 Å². The van der Waals surface area contributed by atoms with E-state index in [-0.39, 0.29) is 23.0 Å². The zero-order valence-electron chi connectivity index (χ0n) is 46.6. The number of hydrogen-bond acceptors (Lipinski definition) is 2. The molecule has 2 nitrogen and oxygen atoms in total. The average molecular weight is 1040 g/mol. The molecule has 0 N–H and O–H groups in total. The van der Waals surface area contributed by atoms with Crippen LogP contribution in [-0.2, 0) is 16.2 Å². The molecule has 10 aromatic carbocycles. The first-order valence-electron chi connectivity index (χ1n) is 27.9. The van der Waals surface area contributed by atoms with Gasteiger partial charge in [-0.1, -0.05) is 237 Å². The van der Waals surface area contributed by atoms with E-state index in [1.54, 1.807) is 0 Å². The van der Waals surface area contributed by atoms with Gasteiger partial charge >= 0.3 is 0 Å². The number of aromatic nitrogens is 1. The molecule has 0 fully saturated rings. The van der Waals surface area contributed by atoms with E-state index in [1.807, 2.05) is 11.8 Å². The highest BCUT2D eigenvalue weighted by Crippen LogP contribution is 2.48. The maximum absolute atomic E-state index is 2.86. The second kappa shape index (κ2) is 17.5. The van der Waals surface area contributed by atoms with Crippen molar-refractivity contribution in [2.24, 2.45) is 0 Å². The second-order valence-corrected chi connectivity index (χ2v) is 30.2. The summed E-state index contributed by atoms with van der Waals surface area (Å²) in [7, 11) is -2.86. The van der Waals surface area contributed by atoms with Gasteiger partial charge in [-0.15, -0.1) is 0 Å². The molecule has 4 heterocycles. The number of fused-ring (bicyclic) bond motifs is 10. The van der Waals surface area contributed by atoms with Gasteiger partial charge in [-0.2, -0.15) is 0 Å². The molecule has 0 radical (unpaired) electrons. The third-order valence-electron chi connectivity index (χ3n) is 17.5. The predicted octanol–water partition coefficient (Wildman–Crippen LogP) is 14.8. The highest BCUT2D eigenvalue weighted by Gasteiger charge is 2.51. The number of aryl methyl sites for hydroxylation is 1. The average Bonchev–Trinajstić information content (AvgIpc) is 2.91. The number of benzene rings is 10. The second-order valence-electron chi connectivity index (χ2n) is 25.4. The van der Waals surface area contributed by atoms with E-state index < -0.39 is 8.07 Å². The Kier molecular flexibility index (Phi) is 10.9. The first kappa shape index (κ1) is 48.8. The Hall–Kier alpha value is -7.57. The third kappa shape index (κ3) is 7.37. The smallest absolute Gasteiger partial charge is 0.249 e. The summed E-state index contributed by atoms with van der Waals surface area (Å²) in [6, 6.07) is 82.8. The molecule has 0 saturated heterocycles. The highest BCUT2D eigenvalue weighted by atomic mass is 32.2. The number of hydrogen-bond donors (Lipinski definition) is 0. The zero-order chi connectivity index (χ0) is 53.6. The van der Waals surface area contributed by atoms with Gasteiger partial charge in [0.15, 0.2) is 8.07 Å². The topological polar surface area (TPSA) is 8.17 Å². The van der Waals surface area contributed by atoms with Crippen LogP contribution in [0.25, 0.3) is 49.7 Å². The van der Waals surface area contributed by atoms with Crippen LogP contribution in [0, 0.1) is 6.92 Å². The Balaban J connectivity index is 1.11. The van der Waals surface area contributed by atoms with Crippen molar-refractivity contribution < 1.29 is 0 Å². The van der Waals surface area contributed by atoms with Crippen molar-refractivity contribution in [2.75, 3.05) is 4.90 Å². The Morgan fingerprint density at radius 3 is 1.58 bits per heavy atom. The summed E-state index contributed by atoms with van der Waals surface area (Å²) in [4.78, 5) is 5.29. The van der Waals surface area contributed by atoms with Crippen LogP contribution in [0.1, 0.15) is 84.6 Å². The molecule has 14 rings (SSSR count). The molecular formula is C73H65BN2SSi. The molecule has 3 aliphatic heterocycles. The Bertz CT molecular complexity index is 4140. The van der Waals surface area contributed by atoms with Crippen molar-refractivity contribution in [3.05, 3.63) is 235 Å². The molecule has 5 heteroatoms. The first-order chi connectivity index (χ1) is 37.5. The monoisotopic (exact) mass is 1040 g/mol. The molecule has 0 spiro atoms. The van der Waals surface area contributed by atoms with Gasteiger partial charge in [0.05, 0.1) is 11.0 Å². The van der Waals surface area contributed by atoms with Crippen LogP contribution in [-0.4, -0.2) is 19.4 Å². The Morgan fingerprint density at radius 1 is 0.410 bits per heavy atom. The number of anilines is 3. The largest absolute Gasteiger partial charge is 0.311 e. The lowest BCUT2D eigenvalue weighted by Gasteiger charge is -2.42. The van der Waals surface area contributed by atoms with Crippen LogP contribution in [0.4, 0.5) is 17.1 Å². The van der Waals surface area contributed by atoms with Crippen LogP contribution in [0.2, 0.25) is 0 Å². The first-order valence-corrected chi connectivity index (χ1v) is 30.8. The Labute approximate surface area is 466 Å². The van der Waals surface area contributed by atoms with Crippen molar-refractivity contribution in [3.63, 3.8) is 0 Å². The van der Waals surface area contributed by atoms with Crippen LogP contribution in [0.5, 0.6) is 0 Å². The fourth-order valence-electron chi connectivity index (χ4n) is 13.5. The minimum atomic E-state index is -2.86. The lowest BCUT2D eigenvalue weighted by molar-refractivity contribution is 0.589. The molecule has 0 amide bonds. The van der Waals surface area contributed by atoms with E-state index in [1.165, 1.54) is 136 Å². The summed E-state index contributed by atoms with van der Waals surface area (Å²) in [5, 5.41) is 8.35. The maximum atomic E-state index is 2.71. The SMILES string of the molecule is Cc1cc(C(C)(C)C)ccc1N1c2cc3c(cc2B2c4ccc(-c5ccccc5)cc4Sc4cc(-n5c6ccc(C(C)(C)C)cc6c6cc(C(C)(C)C)ccc65)cc1c42)[Si](c1ccccc1)(c1ccccc1)c1ccccc1-3. The van der Waals surface area contributed by atoms with Crippen molar-refractivity contribution in [3.8, 4) is 27.9 Å². The van der Waals surface area contributed by atoms with Crippen molar-refractivity contribution in [1.82, 2.24) is 4.57 Å². The lowest BCUT2D eigenvalue weighted by Crippen LogP contribution is -2.73. The van der Waals surface area contributed by atoms with Gasteiger partial charge in [-0.05, 0) is 154 Å². The zero-order valence-corrected chi connectivity index (χ0v) is 48.4. The van der Waals surface area contributed by atoms with Crippen molar-refractivity contribution in [1.29, 1.82) is 0 Å². The van der Waals surface area contributed by atoms with Gasteiger partial charge in [0.2, 0.25) is 6.71 Å². The summed E-state index contributed by atoms with van der Waals surface area (Å²) in [6.45, 7) is 23.3. The molecule has 380 valence electrons. The van der Waals surface area contributed by atoms with E-state index in [0.717, 1.165) is 0 Å². The number of nitrogens with zero attached hydrogens (tertiary/aromatic N) is 2. The molecule has 0 bridgehead atoms. The van der Waals surface area contributed by atoms with Crippen LogP contribution >= 0.6 is 11.8 Å². The minimum absolute atomic E-state index is 0.00277. The molecule has 0 unspecified atom stereocenters. The Morgan fingerprint density at radius 2 is 0.974 bits per heavy atom. The van der Waals surface area contributed by atoms with Crippen LogP contribution < -0.4 is 42.0 Å². The van der Waals surface area contributed by atoms with E-state index >= 15 is 0 Å². The van der Waals surface area contributed by atoms with Gasteiger partial charge in [-0.3, -0.25) is 0 Å². The molecule has 1 aromatic heterocycles.